The van der Waals surface area contributed by atoms with E-state index in [0.717, 1.165) is 22.3 Å². The number of hydrogen-bond donors (Lipinski definition) is 2. The molecule has 1 aliphatic carbocycles. The highest BCUT2D eigenvalue weighted by molar-refractivity contribution is 7.56. The Labute approximate surface area is 239 Å². The number of fused-ring (bicyclic) bond motifs is 3. The average molecular weight is 614 g/mol. The second-order valence-corrected chi connectivity index (χ2v) is 12.6. The van der Waals surface area contributed by atoms with Gasteiger partial charge in [-0.2, -0.15) is 0 Å². The summed E-state index contributed by atoms with van der Waals surface area (Å²) in [4.78, 5) is 25.0. The number of carboxylic acids is 1. The first-order valence-corrected chi connectivity index (χ1v) is 16.5. The first kappa shape index (κ1) is 32.9. The van der Waals surface area contributed by atoms with Gasteiger partial charge in [0, 0.05) is 12.3 Å². The van der Waals surface area contributed by atoms with E-state index < -0.39 is 45.8 Å². The molecule has 0 fully saturated rings. The monoisotopic (exact) mass is 613 g/mol. The van der Waals surface area contributed by atoms with E-state index in [2.05, 4.69) is 5.32 Å². The lowest BCUT2D eigenvalue weighted by atomic mass is 9.98. The Balaban J connectivity index is 1.79. The van der Waals surface area contributed by atoms with Gasteiger partial charge in [0.1, 0.15) is 12.6 Å². The molecule has 2 atom stereocenters. The van der Waals surface area contributed by atoms with Crippen molar-refractivity contribution in [1.29, 1.82) is 0 Å². The summed E-state index contributed by atoms with van der Waals surface area (Å²) >= 11 is 0. The smallest absolute Gasteiger partial charge is 0.475 e. The molecule has 0 aliphatic heterocycles. The molecular formula is C27H37NO11P2. The summed E-state index contributed by atoms with van der Waals surface area (Å²) in [5.41, 5.74) is 4.05. The number of phosphoric acid groups is 1. The van der Waals surface area contributed by atoms with Gasteiger partial charge >= 0.3 is 27.5 Å². The first-order chi connectivity index (χ1) is 19.6. The van der Waals surface area contributed by atoms with Crippen LogP contribution in [-0.4, -0.2) is 62.1 Å². The molecule has 2 aromatic carbocycles. The summed E-state index contributed by atoms with van der Waals surface area (Å²) < 4.78 is 58.7. The maximum atomic E-state index is 13.6. The van der Waals surface area contributed by atoms with Gasteiger partial charge in [0.15, 0.2) is 5.85 Å². The largest absolute Gasteiger partial charge is 0.480 e. The predicted molar refractivity (Wildman–Crippen MR) is 151 cm³/mol. The van der Waals surface area contributed by atoms with Gasteiger partial charge in [-0.1, -0.05) is 48.5 Å². The Morgan fingerprint density at radius 2 is 1.32 bits per heavy atom. The van der Waals surface area contributed by atoms with Crippen molar-refractivity contribution < 1.29 is 51.2 Å². The maximum absolute atomic E-state index is 13.6. The van der Waals surface area contributed by atoms with Crippen LogP contribution in [0.2, 0.25) is 0 Å². The molecule has 2 aromatic rings. The van der Waals surface area contributed by atoms with E-state index in [1.54, 1.807) is 27.7 Å². The molecule has 0 radical (unpaired) electrons. The number of nitrogens with one attached hydrogen (secondary N) is 1. The zero-order valence-electron chi connectivity index (χ0n) is 23.5. The first-order valence-electron chi connectivity index (χ1n) is 13.4. The van der Waals surface area contributed by atoms with Gasteiger partial charge in [0.25, 0.3) is 0 Å². The fraction of sp³-hybridized carbons (Fsp3) is 0.481. The lowest BCUT2D eigenvalue weighted by Gasteiger charge is -2.30. The molecule has 0 spiro atoms. The maximum Gasteiger partial charge on any atom is 0.475 e. The normalized spacial score (nSPS) is 14.6. The van der Waals surface area contributed by atoms with Gasteiger partial charge < -0.3 is 24.2 Å². The molecule has 3 rings (SSSR count). The van der Waals surface area contributed by atoms with E-state index >= 15 is 0 Å². The number of carbonyl (C=O) groups excluding carboxylic acids is 1. The van der Waals surface area contributed by atoms with Crippen molar-refractivity contribution in [2.45, 2.75) is 51.9 Å². The molecule has 2 unspecified atom stereocenters. The molecule has 14 heteroatoms. The number of alkyl carbamates (subject to hydrolysis) is 1. The van der Waals surface area contributed by atoms with Crippen molar-refractivity contribution in [1.82, 2.24) is 5.32 Å². The standard InChI is InChI=1S/C27H37NO11P2/c1-5-35-40(32,36-6-2)25(39-41(33,37-7-3)38-8-4)17-24(26(29)30)28-27(31)34-18-23-21-15-11-9-13-19(21)20-14-10-12-16-22(20)23/h9-16,23-25H,5-8,17-18H2,1-4H3,(H,28,31)(H,29,30). The minimum absolute atomic E-state index is 0.0492. The van der Waals surface area contributed by atoms with Crippen LogP contribution in [0.5, 0.6) is 0 Å². The number of benzene rings is 2. The minimum atomic E-state index is -4.30. The van der Waals surface area contributed by atoms with Gasteiger partial charge in [-0.25, -0.2) is 14.2 Å². The van der Waals surface area contributed by atoms with Crippen LogP contribution < -0.4 is 5.32 Å². The third-order valence-electron chi connectivity index (χ3n) is 6.17. The third kappa shape index (κ3) is 8.26. The predicted octanol–water partition coefficient (Wildman–Crippen LogP) is 6.16. The number of carboxylic acid groups (broad SMARTS) is 1. The second kappa shape index (κ2) is 15.1. The summed E-state index contributed by atoms with van der Waals surface area (Å²) in [6.07, 6.45) is -1.67. The summed E-state index contributed by atoms with van der Waals surface area (Å²) in [6.45, 7) is 5.85. The Morgan fingerprint density at radius 1 is 0.829 bits per heavy atom. The van der Waals surface area contributed by atoms with Crippen LogP contribution in [0.15, 0.2) is 48.5 Å². The number of amides is 1. The molecule has 0 aromatic heterocycles. The molecule has 0 bridgehead atoms. The van der Waals surface area contributed by atoms with Crippen molar-refractivity contribution in [2.75, 3.05) is 33.0 Å². The average Bonchev–Trinajstić information content (AvgIpc) is 3.25. The Morgan fingerprint density at radius 3 is 1.78 bits per heavy atom. The lowest BCUT2D eigenvalue weighted by molar-refractivity contribution is -0.140. The van der Waals surface area contributed by atoms with Gasteiger partial charge in [0.05, 0.1) is 26.4 Å². The van der Waals surface area contributed by atoms with Gasteiger partial charge in [-0.05, 0) is 49.9 Å². The number of hydrogen-bond acceptors (Lipinski definition) is 10. The third-order valence-corrected chi connectivity index (χ3v) is 10.3. The fourth-order valence-corrected chi connectivity index (χ4v) is 8.18. The van der Waals surface area contributed by atoms with Crippen LogP contribution in [-0.2, 0) is 41.3 Å². The highest BCUT2D eigenvalue weighted by Crippen LogP contribution is 2.62. The SMILES string of the molecule is CCOP(=O)(OCC)OC(CC(NC(=O)OCC1c2ccccc2-c2ccccc21)C(=O)O)P(=O)(OCC)OCC. The Kier molecular flexibility index (Phi) is 12.1. The van der Waals surface area contributed by atoms with Crippen LogP contribution in [0.3, 0.4) is 0 Å². The van der Waals surface area contributed by atoms with Gasteiger partial charge in [-0.15, -0.1) is 0 Å². The van der Waals surface area contributed by atoms with Crippen LogP contribution in [0.25, 0.3) is 11.1 Å². The molecule has 0 saturated heterocycles. The van der Waals surface area contributed by atoms with Crippen molar-refractivity contribution in [3.8, 4) is 11.1 Å². The lowest BCUT2D eigenvalue weighted by Crippen LogP contribution is -2.44. The van der Waals surface area contributed by atoms with E-state index in [-0.39, 0.29) is 39.0 Å². The van der Waals surface area contributed by atoms with Crippen LogP contribution in [0.1, 0.15) is 51.2 Å². The summed E-state index contributed by atoms with van der Waals surface area (Å²) in [5, 5.41) is 12.2. The topological polar surface area (TPSA) is 156 Å². The van der Waals surface area contributed by atoms with Crippen LogP contribution in [0, 0.1) is 0 Å². The number of carbonyl (C=O) groups is 2. The number of rotatable bonds is 17. The fourth-order valence-electron chi connectivity index (χ4n) is 4.56. The quantitative estimate of drug-likeness (QED) is 0.197. The molecule has 41 heavy (non-hydrogen) atoms. The second-order valence-electron chi connectivity index (χ2n) is 8.81. The van der Waals surface area contributed by atoms with Crippen molar-refractivity contribution in [3.05, 3.63) is 59.7 Å². The number of phosphoric ester groups is 1. The van der Waals surface area contributed by atoms with Crippen LogP contribution >= 0.6 is 15.4 Å². The van der Waals surface area contributed by atoms with E-state index in [0.29, 0.717) is 0 Å². The molecule has 12 nitrogen and oxygen atoms in total. The summed E-state index contributed by atoms with van der Waals surface area (Å²) in [5.74, 6) is -3.44. The van der Waals surface area contributed by atoms with E-state index in [1.807, 2.05) is 48.5 Å². The van der Waals surface area contributed by atoms with Crippen molar-refractivity contribution in [2.24, 2.45) is 0 Å². The van der Waals surface area contributed by atoms with Crippen molar-refractivity contribution in [3.63, 3.8) is 0 Å². The highest BCUT2D eigenvalue weighted by atomic mass is 31.2. The Hall–Kier alpha value is -2.56. The van der Waals surface area contributed by atoms with Gasteiger partial charge in [0.2, 0.25) is 0 Å². The minimum Gasteiger partial charge on any atom is -0.480 e. The molecular weight excluding hydrogens is 576 g/mol. The summed E-state index contributed by atoms with van der Waals surface area (Å²) in [6, 6.07) is 13.9. The zero-order chi connectivity index (χ0) is 30.0. The van der Waals surface area contributed by atoms with E-state index in [9.17, 15) is 23.8 Å². The molecule has 0 saturated carbocycles. The zero-order valence-corrected chi connectivity index (χ0v) is 25.3. The van der Waals surface area contributed by atoms with E-state index in [4.69, 9.17) is 27.4 Å². The Bertz CT molecular complexity index is 1220. The molecule has 0 heterocycles. The molecule has 1 aliphatic rings. The van der Waals surface area contributed by atoms with Gasteiger partial charge in [-0.3, -0.25) is 18.1 Å². The number of aliphatic carboxylic acids is 1. The molecule has 1 amide bonds. The van der Waals surface area contributed by atoms with E-state index in [1.165, 1.54) is 0 Å². The molecule has 2 N–H and O–H groups in total. The number of ether oxygens (including phenoxy) is 1. The van der Waals surface area contributed by atoms with Crippen LogP contribution in [0.4, 0.5) is 4.79 Å². The molecule has 226 valence electrons. The highest BCUT2D eigenvalue weighted by Gasteiger charge is 2.46. The summed E-state index contributed by atoms with van der Waals surface area (Å²) in [7, 11) is -8.52. The van der Waals surface area contributed by atoms with Crippen molar-refractivity contribution >= 4 is 27.5 Å².